The van der Waals surface area contributed by atoms with Crippen LogP contribution in [0.15, 0.2) is 18.2 Å². The number of hydrogen-bond donors (Lipinski definition) is 2. The molecule has 0 aliphatic heterocycles. The third kappa shape index (κ3) is 2.33. The summed E-state index contributed by atoms with van der Waals surface area (Å²) >= 11 is 0. The average molecular weight is 270 g/mol. The highest BCUT2D eigenvalue weighted by atomic mass is 16.1. The third-order valence-corrected chi connectivity index (χ3v) is 4.17. The minimum atomic E-state index is 0.158. The molecule has 0 bridgehead atoms. The van der Waals surface area contributed by atoms with E-state index in [4.69, 9.17) is 0 Å². The molecule has 1 amide bonds. The van der Waals surface area contributed by atoms with Crippen LogP contribution in [0, 0.1) is 6.92 Å². The normalized spacial score (nSPS) is 18.0. The van der Waals surface area contributed by atoms with Crippen LogP contribution in [0.3, 0.4) is 0 Å². The molecule has 1 atom stereocenters. The molecular weight excluding hydrogens is 248 g/mol. The smallest absolute Gasteiger partial charge is 0.220 e. The predicted molar refractivity (Wildman–Crippen MR) is 81.8 cm³/mol. The Bertz CT molecular complexity index is 642. The molecule has 2 aromatic rings. The van der Waals surface area contributed by atoms with Gasteiger partial charge in [-0.05, 0) is 50.3 Å². The maximum absolute atomic E-state index is 11.9. The van der Waals surface area contributed by atoms with E-state index in [2.05, 4.69) is 35.4 Å². The number of aryl methyl sites for hydroxylation is 2. The fourth-order valence-electron chi connectivity index (χ4n) is 3.21. The Balaban J connectivity index is 1.96. The Hall–Kier alpha value is -1.77. The number of fused-ring (bicyclic) bond motifs is 3. The lowest BCUT2D eigenvalue weighted by atomic mass is 9.91. The molecule has 3 nitrogen and oxygen atoms in total. The van der Waals surface area contributed by atoms with E-state index >= 15 is 0 Å². The first kappa shape index (κ1) is 13.2. The van der Waals surface area contributed by atoms with E-state index in [0.717, 1.165) is 25.7 Å². The zero-order valence-corrected chi connectivity index (χ0v) is 12.3. The molecular formula is C17H22N2O. The van der Waals surface area contributed by atoms with Crippen LogP contribution in [0.25, 0.3) is 10.9 Å². The second kappa shape index (κ2) is 5.31. The Morgan fingerprint density at radius 1 is 1.45 bits per heavy atom. The van der Waals surface area contributed by atoms with E-state index in [-0.39, 0.29) is 11.9 Å². The summed E-state index contributed by atoms with van der Waals surface area (Å²) in [5.41, 5.74) is 5.10. The standard InChI is InChI=1S/C17H22N2O/c1-3-5-16(20)18-15-7-4-6-12-13-10-11(2)8-9-14(13)19-17(12)15/h8-10,15,19H,3-7H2,1-2H3,(H,18,20). The summed E-state index contributed by atoms with van der Waals surface area (Å²) in [6.45, 7) is 4.17. The van der Waals surface area contributed by atoms with Gasteiger partial charge in [-0.25, -0.2) is 0 Å². The molecule has 20 heavy (non-hydrogen) atoms. The van der Waals surface area contributed by atoms with E-state index in [1.54, 1.807) is 0 Å². The highest BCUT2D eigenvalue weighted by Crippen LogP contribution is 2.35. The number of amides is 1. The molecule has 1 aromatic carbocycles. The molecule has 0 saturated heterocycles. The summed E-state index contributed by atoms with van der Waals surface area (Å²) in [6.07, 6.45) is 4.81. The quantitative estimate of drug-likeness (QED) is 0.876. The molecule has 0 saturated carbocycles. The van der Waals surface area contributed by atoms with Gasteiger partial charge in [-0.15, -0.1) is 0 Å². The first-order chi connectivity index (χ1) is 9.69. The summed E-state index contributed by atoms with van der Waals surface area (Å²) < 4.78 is 0. The Kier molecular flexibility index (Phi) is 3.51. The third-order valence-electron chi connectivity index (χ3n) is 4.17. The fourth-order valence-corrected chi connectivity index (χ4v) is 3.21. The van der Waals surface area contributed by atoms with Crippen molar-refractivity contribution in [3.05, 3.63) is 35.0 Å². The maximum atomic E-state index is 11.9. The van der Waals surface area contributed by atoms with Gasteiger partial charge >= 0.3 is 0 Å². The average Bonchev–Trinajstić information content (AvgIpc) is 2.78. The molecule has 1 aliphatic carbocycles. The van der Waals surface area contributed by atoms with Gasteiger partial charge in [-0.3, -0.25) is 4.79 Å². The number of H-pyrrole nitrogens is 1. The Morgan fingerprint density at radius 2 is 2.30 bits per heavy atom. The van der Waals surface area contributed by atoms with Gasteiger partial charge in [0.25, 0.3) is 0 Å². The summed E-state index contributed by atoms with van der Waals surface area (Å²) in [6, 6.07) is 6.69. The molecule has 0 spiro atoms. The van der Waals surface area contributed by atoms with Gasteiger partial charge in [0.2, 0.25) is 5.91 Å². The minimum absolute atomic E-state index is 0.158. The van der Waals surface area contributed by atoms with Crippen molar-refractivity contribution < 1.29 is 4.79 Å². The second-order valence-electron chi connectivity index (χ2n) is 5.83. The van der Waals surface area contributed by atoms with Crippen molar-refractivity contribution in [2.45, 2.75) is 52.0 Å². The van der Waals surface area contributed by atoms with Crippen LogP contribution in [-0.4, -0.2) is 10.9 Å². The van der Waals surface area contributed by atoms with Crippen LogP contribution >= 0.6 is 0 Å². The number of aromatic amines is 1. The van der Waals surface area contributed by atoms with Gasteiger partial charge in [-0.2, -0.15) is 0 Å². The summed E-state index contributed by atoms with van der Waals surface area (Å²) in [4.78, 5) is 15.4. The number of carbonyl (C=O) groups excluding carboxylic acids is 1. The van der Waals surface area contributed by atoms with Gasteiger partial charge in [0, 0.05) is 23.0 Å². The van der Waals surface area contributed by atoms with Gasteiger partial charge in [0.1, 0.15) is 0 Å². The lowest BCUT2D eigenvalue weighted by molar-refractivity contribution is -0.122. The van der Waals surface area contributed by atoms with Crippen molar-refractivity contribution in [3.63, 3.8) is 0 Å². The summed E-state index contributed by atoms with van der Waals surface area (Å²) in [7, 11) is 0. The number of rotatable bonds is 3. The zero-order chi connectivity index (χ0) is 14.1. The highest BCUT2D eigenvalue weighted by Gasteiger charge is 2.25. The molecule has 3 rings (SSSR count). The number of nitrogens with one attached hydrogen (secondary N) is 2. The molecule has 2 N–H and O–H groups in total. The highest BCUT2D eigenvalue weighted by molar-refractivity contribution is 5.86. The van der Waals surface area contributed by atoms with Crippen LogP contribution in [0.1, 0.15) is 55.5 Å². The Labute approximate surface area is 119 Å². The van der Waals surface area contributed by atoms with Crippen LogP contribution < -0.4 is 5.32 Å². The molecule has 3 heteroatoms. The van der Waals surface area contributed by atoms with Crippen LogP contribution in [0.5, 0.6) is 0 Å². The molecule has 0 fully saturated rings. The monoisotopic (exact) mass is 270 g/mol. The summed E-state index contributed by atoms with van der Waals surface area (Å²) in [5, 5.41) is 4.51. The van der Waals surface area contributed by atoms with Gasteiger partial charge < -0.3 is 10.3 Å². The van der Waals surface area contributed by atoms with Gasteiger partial charge in [0.05, 0.1) is 6.04 Å². The van der Waals surface area contributed by atoms with E-state index < -0.39 is 0 Å². The second-order valence-corrected chi connectivity index (χ2v) is 5.83. The number of aromatic nitrogens is 1. The van der Waals surface area contributed by atoms with Crippen molar-refractivity contribution in [2.75, 3.05) is 0 Å². The van der Waals surface area contributed by atoms with Gasteiger partial charge in [0.15, 0.2) is 0 Å². The molecule has 106 valence electrons. The van der Waals surface area contributed by atoms with Crippen LogP contribution in [0.2, 0.25) is 0 Å². The number of benzene rings is 1. The zero-order valence-electron chi connectivity index (χ0n) is 12.3. The van der Waals surface area contributed by atoms with E-state index in [1.165, 1.54) is 27.7 Å². The molecule has 1 aromatic heterocycles. The van der Waals surface area contributed by atoms with Crippen molar-refractivity contribution in [1.82, 2.24) is 10.3 Å². The first-order valence-corrected chi connectivity index (χ1v) is 7.59. The number of hydrogen-bond acceptors (Lipinski definition) is 1. The maximum Gasteiger partial charge on any atom is 0.220 e. The Morgan fingerprint density at radius 3 is 3.10 bits per heavy atom. The lowest BCUT2D eigenvalue weighted by Crippen LogP contribution is -2.30. The largest absolute Gasteiger partial charge is 0.356 e. The fraction of sp³-hybridized carbons (Fsp3) is 0.471. The van der Waals surface area contributed by atoms with Crippen molar-refractivity contribution >= 4 is 16.8 Å². The SMILES string of the molecule is CCCC(=O)NC1CCCc2c1[nH]c1ccc(C)cc21. The lowest BCUT2D eigenvalue weighted by Gasteiger charge is -2.23. The van der Waals surface area contributed by atoms with E-state index in [0.29, 0.717) is 6.42 Å². The predicted octanol–water partition coefficient (Wildman–Crippen LogP) is 3.77. The topological polar surface area (TPSA) is 44.9 Å². The van der Waals surface area contributed by atoms with Crippen molar-refractivity contribution in [1.29, 1.82) is 0 Å². The van der Waals surface area contributed by atoms with E-state index in [9.17, 15) is 4.79 Å². The van der Waals surface area contributed by atoms with E-state index in [1.807, 2.05) is 6.92 Å². The van der Waals surface area contributed by atoms with Crippen LogP contribution in [0.4, 0.5) is 0 Å². The van der Waals surface area contributed by atoms with Crippen LogP contribution in [-0.2, 0) is 11.2 Å². The van der Waals surface area contributed by atoms with Crippen molar-refractivity contribution in [3.8, 4) is 0 Å². The number of carbonyl (C=O) groups is 1. The molecule has 1 heterocycles. The molecule has 0 radical (unpaired) electrons. The van der Waals surface area contributed by atoms with Gasteiger partial charge in [-0.1, -0.05) is 18.6 Å². The van der Waals surface area contributed by atoms with Crippen molar-refractivity contribution in [2.24, 2.45) is 0 Å². The first-order valence-electron chi connectivity index (χ1n) is 7.59. The molecule has 1 unspecified atom stereocenters. The molecule has 1 aliphatic rings. The summed E-state index contributed by atoms with van der Waals surface area (Å²) in [5.74, 6) is 0.167. The minimum Gasteiger partial charge on any atom is -0.356 e.